The first kappa shape index (κ1) is 12.6. The highest BCUT2D eigenvalue weighted by molar-refractivity contribution is 5.43. The van der Waals surface area contributed by atoms with Crippen LogP contribution in [0.3, 0.4) is 0 Å². The van der Waals surface area contributed by atoms with Gasteiger partial charge in [0.1, 0.15) is 5.82 Å². The second-order valence-corrected chi connectivity index (χ2v) is 4.59. The average Bonchev–Trinajstić information content (AvgIpc) is 3.12. The van der Waals surface area contributed by atoms with Crippen molar-refractivity contribution in [1.29, 1.82) is 0 Å². The third kappa shape index (κ3) is 2.62. The van der Waals surface area contributed by atoms with E-state index in [4.69, 9.17) is 0 Å². The van der Waals surface area contributed by atoms with Crippen LogP contribution >= 0.6 is 0 Å². The number of nitro benzene ring substituents is 1. The molecular formula is C11H11FN6O2. The number of hydrogen-bond acceptors (Lipinski definition) is 6. The van der Waals surface area contributed by atoms with E-state index in [1.165, 1.54) is 10.7 Å². The zero-order valence-corrected chi connectivity index (χ0v) is 10.4. The Morgan fingerprint density at radius 2 is 2.25 bits per heavy atom. The van der Waals surface area contributed by atoms with Crippen LogP contribution in [0.5, 0.6) is 0 Å². The van der Waals surface area contributed by atoms with E-state index < -0.39 is 10.7 Å². The van der Waals surface area contributed by atoms with Gasteiger partial charge in [0.25, 0.3) is 5.69 Å². The van der Waals surface area contributed by atoms with E-state index in [0.717, 1.165) is 25.0 Å². The predicted octanol–water partition coefficient (Wildman–Crippen LogP) is 0.962. The Morgan fingerprint density at radius 1 is 1.45 bits per heavy atom. The highest BCUT2D eigenvalue weighted by atomic mass is 19.1. The summed E-state index contributed by atoms with van der Waals surface area (Å²) in [6.45, 7) is 0.433. The smallest absolute Gasteiger partial charge is 0.274 e. The molecule has 2 aromatic rings. The van der Waals surface area contributed by atoms with Crippen LogP contribution in [0.2, 0.25) is 0 Å². The second kappa shape index (κ2) is 4.93. The summed E-state index contributed by atoms with van der Waals surface area (Å²) in [5.41, 5.74) is -0.106. The maximum atomic E-state index is 13.4. The lowest BCUT2D eigenvalue weighted by Gasteiger charge is -2.05. The fraction of sp³-hybridized carbons (Fsp3) is 0.364. The Labute approximate surface area is 112 Å². The number of nitrogens with one attached hydrogen (secondary N) is 1. The molecule has 0 atom stereocenters. The van der Waals surface area contributed by atoms with Crippen molar-refractivity contribution in [2.45, 2.75) is 25.4 Å². The summed E-state index contributed by atoms with van der Waals surface area (Å²) < 4.78 is 14.7. The Balaban J connectivity index is 1.91. The fourth-order valence-electron chi connectivity index (χ4n) is 1.83. The average molecular weight is 278 g/mol. The summed E-state index contributed by atoms with van der Waals surface area (Å²) in [4.78, 5) is 10.1. The van der Waals surface area contributed by atoms with Crippen LogP contribution in [0.25, 0.3) is 5.69 Å². The van der Waals surface area contributed by atoms with Crippen molar-refractivity contribution < 1.29 is 9.31 Å². The number of hydrogen-bond donors (Lipinski definition) is 1. The van der Waals surface area contributed by atoms with Crippen molar-refractivity contribution >= 4 is 5.69 Å². The van der Waals surface area contributed by atoms with Gasteiger partial charge in [0.05, 0.1) is 23.2 Å². The predicted molar refractivity (Wildman–Crippen MR) is 65.6 cm³/mol. The molecule has 0 unspecified atom stereocenters. The van der Waals surface area contributed by atoms with Crippen LogP contribution in [0, 0.1) is 15.9 Å². The minimum atomic E-state index is -0.703. The van der Waals surface area contributed by atoms with Crippen molar-refractivity contribution in [2.75, 3.05) is 0 Å². The fourth-order valence-corrected chi connectivity index (χ4v) is 1.83. The molecule has 0 amide bonds. The van der Waals surface area contributed by atoms with Gasteiger partial charge in [-0.2, -0.15) is 4.68 Å². The standard InChI is InChI=1S/C11H11FN6O2/c12-7-3-9(5-10(4-7)18(19)20)17-11(14-15-16-17)6-13-8-1-2-8/h3-5,8,13H,1-2,6H2. The molecule has 1 heterocycles. The van der Waals surface area contributed by atoms with Gasteiger partial charge in [-0.3, -0.25) is 10.1 Å². The number of benzene rings is 1. The molecule has 0 bridgehead atoms. The molecule has 1 saturated carbocycles. The summed E-state index contributed by atoms with van der Waals surface area (Å²) in [6, 6.07) is 3.72. The maximum absolute atomic E-state index is 13.4. The van der Waals surface area contributed by atoms with Crippen molar-refractivity contribution in [2.24, 2.45) is 0 Å². The molecule has 0 radical (unpaired) electrons. The lowest BCUT2D eigenvalue weighted by molar-refractivity contribution is -0.385. The van der Waals surface area contributed by atoms with E-state index in [9.17, 15) is 14.5 Å². The number of nitro groups is 1. The van der Waals surface area contributed by atoms with Crippen molar-refractivity contribution in [1.82, 2.24) is 25.5 Å². The van der Waals surface area contributed by atoms with E-state index >= 15 is 0 Å². The maximum Gasteiger partial charge on any atom is 0.274 e. The van der Waals surface area contributed by atoms with Gasteiger partial charge in [0, 0.05) is 18.2 Å². The second-order valence-electron chi connectivity index (χ2n) is 4.59. The molecule has 0 spiro atoms. The number of non-ortho nitro benzene ring substituents is 1. The van der Waals surface area contributed by atoms with Crippen LogP contribution in [0.4, 0.5) is 10.1 Å². The van der Waals surface area contributed by atoms with Crippen molar-refractivity contribution in [3.63, 3.8) is 0 Å². The first-order chi connectivity index (χ1) is 9.63. The van der Waals surface area contributed by atoms with Gasteiger partial charge >= 0.3 is 0 Å². The minimum Gasteiger partial charge on any atom is -0.307 e. The van der Waals surface area contributed by atoms with Gasteiger partial charge in [-0.05, 0) is 23.3 Å². The van der Waals surface area contributed by atoms with E-state index in [2.05, 4.69) is 20.8 Å². The molecule has 9 heteroatoms. The number of rotatable bonds is 5. The molecule has 20 heavy (non-hydrogen) atoms. The molecule has 8 nitrogen and oxygen atoms in total. The molecule has 1 fully saturated rings. The van der Waals surface area contributed by atoms with Crippen LogP contribution in [-0.2, 0) is 6.54 Å². The van der Waals surface area contributed by atoms with E-state index in [1.54, 1.807) is 0 Å². The largest absolute Gasteiger partial charge is 0.307 e. The molecule has 3 rings (SSSR count). The van der Waals surface area contributed by atoms with E-state index in [0.29, 0.717) is 18.4 Å². The SMILES string of the molecule is O=[N+]([O-])c1cc(F)cc(-n2nnnc2CNC2CC2)c1. The van der Waals surface area contributed by atoms with Crippen LogP contribution in [-0.4, -0.2) is 31.2 Å². The first-order valence-electron chi connectivity index (χ1n) is 6.09. The van der Waals surface area contributed by atoms with Gasteiger partial charge in [-0.25, -0.2) is 4.39 Å². The molecule has 0 aliphatic heterocycles. The van der Waals surface area contributed by atoms with Crippen LogP contribution in [0.1, 0.15) is 18.7 Å². The monoisotopic (exact) mass is 278 g/mol. The highest BCUT2D eigenvalue weighted by Crippen LogP contribution is 2.21. The Bertz CT molecular complexity index is 654. The normalized spacial score (nSPS) is 14.4. The highest BCUT2D eigenvalue weighted by Gasteiger charge is 2.22. The van der Waals surface area contributed by atoms with Crippen molar-refractivity contribution in [3.05, 3.63) is 40.0 Å². The zero-order chi connectivity index (χ0) is 14.1. The molecular weight excluding hydrogens is 267 g/mol. The van der Waals surface area contributed by atoms with Crippen LogP contribution in [0.15, 0.2) is 18.2 Å². The van der Waals surface area contributed by atoms with E-state index in [1.807, 2.05) is 0 Å². The third-order valence-electron chi connectivity index (χ3n) is 2.98. The Hall–Kier alpha value is -2.42. The zero-order valence-electron chi connectivity index (χ0n) is 10.4. The quantitative estimate of drug-likeness (QED) is 0.646. The lowest BCUT2D eigenvalue weighted by atomic mass is 10.2. The number of tetrazole rings is 1. The number of halogens is 1. The van der Waals surface area contributed by atoms with Gasteiger partial charge < -0.3 is 5.32 Å². The topological polar surface area (TPSA) is 98.8 Å². The number of aromatic nitrogens is 4. The summed E-state index contributed by atoms with van der Waals surface area (Å²) in [5.74, 6) is -0.220. The van der Waals surface area contributed by atoms with Gasteiger partial charge in [0.2, 0.25) is 0 Å². The molecule has 1 N–H and O–H groups in total. The molecule has 1 aromatic carbocycles. The summed E-state index contributed by atoms with van der Waals surface area (Å²) >= 11 is 0. The lowest BCUT2D eigenvalue weighted by Crippen LogP contribution is -2.19. The molecule has 0 saturated heterocycles. The molecule has 104 valence electrons. The summed E-state index contributed by atoms with van der Waals surface area (Å²) in [5, 5.41) is 25.1. The third-order valence-corrected chi connectivity index (χ3v) is 2.98. The number of nitrogens with zero attached hydrogens (tertiary/aromatic N) is 5. The van der Waals surface area contributed by atoms with Gasteiger partial charge in [-0.1, -0.05) is 0 Å². The summed E-state index contributed by atoms with van der Waals surface area (Å²) in [6.07, 6.45) is 2.24. The Kier molecular flexibility index (Phi) is 3.11. The minimum absolute atomic E-state index is 0.231. The van der Waals surface area contributed by atoms with E-state index in [-0.39, 0.29) is 11.4 Å². The summed E-state index contributed by atoms with van der Waals surface area (Å²) in [7, 11) is 0. The van der Waals surface area contributed by atoms with Gasteiger partial charge in [-0.15, -0.1) is 5.10 Å². The molecule has 1 aromatic heterocycles. The molecule has 1 aliphatic carbocycles. The van der Waals surface area contributed by atoms with Crippen molar-refractivity contribution in [3.8, 4) is 5.69 Å². The van der Waals surface area contributed by atoms with Gasteiger partial charge in [0.15, 0.2) is 5.82 Å². The molecule has 1 aliphatic rings. The van der Waals surface area contributed by atoms with Crippen LogP contribution < -0.4 is 5.32 Å². The Morgan fingerprint density at radius 3 is 2.95 bits per heavy atom. The first-order valence-corrected chi connectivity index (χ1v) is 6.09.